The largest absolute Gasteiger partial charge is 0.306 e. The summed E-state index contributed by atoms with van der Waals surface area (Å²) >= 11 is 0. The highest BCUT2D eigenvalue weighted by Crippen LogP contribution is 2.14. The van der Waals surface area contributed by atoms with Gasteiger partial charge in [-0.05, 0) is 6.07 Å². The number of rotatable bonds is 1. The number of hydrogen-bond donors (Lipinski definition) is 1. The summed E-state index contributed by atoms with van der Waals surface area (Å²) in [6.07, 6.45) is 0. The van der Waals surface area contributed by atoms with Crippen molar-refractivity contribution >= 4 is 24.2 Å². The molecule has 0 atom stereocenters. The van der Waals surface area contributed by atoms with Crippen molar-refractivity contribution in [2.75, 3.05) is 0 Å². The first-order valence-corrected chi connectivity index (χ1v) is 5.59. The highest BCUT2D eigenvalue weighted by atomic mass is 16.1. The third kappa shape index (κ3) is 1.82. The molecule has 0 aliphatic carbocycles. The predicted molar refractivity (Wildman–Crippen MR) is 73.2 cm³/mol. The van der Waals surface area contributed by atoms with Crippen molar-refractivity contribution in [2.45, 2.75) is 0 Å². The van der Waals surface area contributed by atoms with Crippen LogP contribution in [0.4, 0.5) is 0 Å². The number of aromatic nitrogens is 2. The molecule has 0 aliphatic rings. The maximum absolute atomic E-state index is 12.0. The third-order valence-electron chi connectivity index (χ3n) is 2.78. The molecule has 0 saturated carbocycles. The maximum Gasteiger partial charge on any atom is 0.259 e. The molecule has 0 amide bonds. The minimum Gasteiger partial charge on any atom is -0.306 e. The van der Waals surface area contributed by atoms with Crippen LogP contribution in [0.2, 0.25) is 0 Å². The first kappa shape index (κ1) is 10.8. The molecule has 0 aliphatic heterocycles. The number of fused-ring (bicyclic) bond motifs is 1. The Balaban J connectivity index is 2.29. The number of benzene rings is 2. The van der Waals surface area contributed by atoms with Crippen LogP contribution in [0.5, 0.6) is 0 Å². The van der Waals surface area contributed by atoms with Crippen molar-refractivity contribution < 1.29 is 0 Å². The van der Waals surface area contributed by atoms with Crippen LogP contribution in [0.3, 0.4) is 0 Å². The van der Waals surface area contributed by atoms with Gasteiger partial charge in [0.2, 0.25) is 0 Å². The number of H-pyrrole nitrogens is 1. The van der Waals surface area contributed by atoms with Crippen molar-refractivity contribution in [1.82, 2.24) is 9.97 Å². The Morgan fingerprint density at radius 3 is 2.61 bits per heavy atom. The molecule has 3 rings (SSSR count). The van der Waals surface area contributed by atoms with E-state index in [9.17, 15) is 4.79 Å². The molecular formula is C14H9BN2O. The van der Waals surface area contributed by atoms with Gasteiger partial charge in [-0.3, -0.25) is 4.79 Å². The van der Waals surface area contributed by atoms with Crippen LogP contribution in [0.1, 0.15) is 0 Å². The van der Waals surface area contributed by atoms with Crippen molar-refractivity contribution in [3.8, 4) is 11.4 Å². The van der Waals surface area contributed by atoms with E-state index in [0.29, 0.717) is 22.2 Å². The summed E-state index contributed by atoms with van der Waals surface area (Å²) in [4.78, 5) is 19.2. The number of nitrogens with zero attached hydrogens (tertiary/aromatic N) is 1. The second kappa shape index (κ2) is 4.15. The van der Waals surface area contributed by atoms with Gasteiger partial charge in [-0.25, -0.2) is 4.98 Å². The Labute approximate surface area is 105 Å². The van der Waals surface area contributed by atoms with Crippen LogP contribution < -0.4 is 11.0 Å². The van der Waals surface area contributed by atoms with Gasteiger partial charge in [-0.1, -0.05) is 47.9 Å². The molecule has 0 unspecified atom stereocenters. The molecule has 4 heteroatoms. The molecule has 3 aromatic rings. The fraction of sp³-hybridized carbons (Fsp3) is 0. The van der Waals surface area contributed by atoms with E-state index in [4.69, 9.17) is 7.85 Å². The quantitative estimate of drug-likeness (QED) is 0.644. The highest BCUT2D eigenvalue weighted by Gasteiger charge is 2.05. The Kier molecular flexibility index (Phi) is 2.48. The second-order valence-corrected chi connectivity index (χ2v) is 4.06. The molecule has 1 aromatic heterocycles. The van der Waals surface area contributed by atoms with Crippen LogP contribution in [-0.2, 0) is 0 Å². The predicted octanol–water partition coefficient (Wildman–Crippen LogP) is 1.38. The van der Waals surface area contributed by atoms with Gasteiger partial charge < -0.3 is 4.98 Å². The van der Waals surface area contributed by atoms with Gasteiger partial charge in [-0.2, -0.15) is 0 Å². The van der Waals surface area contributed by atoms with Gasteiger partial charge in [0.15, 0.2) is 0 Å². The van der Waals surface area contributed by atoms with E-state index < -0.39 is 0 Å². The van der Waals surface area contributed by atoms with E-state index in [0.717, 1.165) is 5.56 Å². The van der Waals surface area contributed by atoms with Gasteiger partial charge in [0.1, 0.15) is 13.7 Å². The standard InChI is InChI=1S/C14H9BN2O/c15-10-6-7-12-11(8-10)14(18)17-13(16-12)9-4-2-1-3-5-9/h1-8H,(H,16,17,18). The lowest BCUT2D eigenvalue weighted by molar-refractivity contribution is 1.18. The lowest BCUT2D eigenvalue weighted by Crippen LogP contribution is -2.12. The summed E-state index contributed by atoms with van der Waals surface area (Å²) in [5.41, 5.74) is 1.91. The molecule has 0 spiro atoms. The monoisotopic (exact) mass is 232 g/mol. The van der Waals surface area contributed by atoms with Crippen LogP contribution >= 0.6 is 0 Å². The van der Waals surface area contributed by atoms with E-state index in [2.05, 4.69) is 9.97 Å². The summed E-state index contributed by atoms with van der Waals surface area (Å²) in [6, 6.07) is 14.7. The zero-order valence-electron chi connectivity index (χ0n) is 9.55. The first-order chi connectivity index (χ1) is 8.74. The molecule has 0 fully saturated rings. The fourth-order valence-corrected chi connectivity index (χ4v) is 1.89. The molecule has 18 heavy (non-hydrogen) atoms. The molecule has 3 nitrogen and oxygen atoms in total. The van der Waals surface area contributed by atoms with Crippen molar-refractivity contribution in [1.29, 1.82) is 0 Å². The molecule has 2 aromatic carbocycles. The first-order valence-electron chi connectivity index (χ1n) is 5.59. The van der Waals surface area contributed by atoms with Gasteiger partial charge >= 0.3 is 0 Å². The van der Waals surface area contributed by atoms with Crippen molar-refractivity contribution in [3.05, 3.63) is 58.9 Å². The van der Waals surface area contributed by atoms with Crippen LogP contribution in [0.25, 0.3) is 22.3 Å². The molecule has 2 radical (unpaired) electrons. The minimum atomic E-state index is -0.175. The molecule has 0 bridgehead atoms. The van der Waals surface area contributed by atoms with Gasteiger partial charge in [0, 0.05) is 5.56 Å². The van der Waals surface area contributed by atoms with E-state index in [1.54, 1.807) is 18.2 Å². The zero-order valence-corrected chi connectivity index (χ0v) is 9.55. The van der Waals surface area contributed by atoms with E-state index >= 15 is 0 Å². The van der Waals surface area contributed by atoms with E-state index in [-0.39, 0.29) is 5.56 Å². The summed E-state index contributed by atoms with van der Waals surface area (Å²) in [6.45, 7) is 0. The Morgan fingerprint density at radius 2 is 1.83 bits per heavy atom. The average Bonchev–Trinajstić information content (AvgIpc) is 2.40. The van der Waals surface area contributed by atoms with Gasteiger partial charge in [-0.15, -0.1) is 0 Å². The van der Waals surface area contributed by atoms with Crippen molar-refractivity contribution in [3.63, 3.8) is 0 Å². The lowest BCUT2D eigenvalue weighted by Gasteiger charge is -2.03. The smallest absolute Gasteiger partial charge is 0.259 e. The zero-order chi connectivity index (χ0) is 12.5. The van der Waals surface area contributed by atoms with E-state index in [1.807, 2.05) is 30.3 Å². The second-order valence-electron chi connectivity index (χ2n) is 4.06. The molecule has 1 N–H and O–H groups in total. The lowest BCUT2D eigenvalue weighted by atomic mass is 9.95. The maximum atomic E-state index is 12.0. The normalized spacial score (nSPS) is 10.7. The summed E-state index contributed by atoms with van der Waals surface area (Å²) < 4.78 is 0. The Hall–Kier alpha value is -2.36. The van der Waals surface area contributed by atoms with Gasteiger partial charge in [0.05, 0.1) is 10.9 Å². The van der Waals surface area contributed by atoms with Crippen molar-refractivity contribution in [2.24, 2.45) is 0 Å². The van der Waals surface area contributed by atoms with E-state index in [1.165, 1.54) is 0 Å². The number of hydrogen-bond acceptors (Lipinski definition) is 2. The SMILES string of the molecule is [B]c1ccc2nc(-c3ccccc3)[nH]c(=O)c2c1. The average molecular weight is 232 g/mol. The summed E-state index contributed by atoms with van der Waals surface area (Å²) in [7, 11) is 5.66. The Morgan fingerprint density at radius 1 is 1.06 bits per heavy atom. The highest BCUT2D eigenvalue weighted by molar-refractivity contribution is 6.33. The number of aromatic amines is 1. The minimum absolute atomic E-state index is 0.175. The summed E-state index contributed by atoms with van der Waals surface area (Å²) in [5.74, 6) is 0.567. The van der Waals surface area contributed by atoms with Gasteiger partial charge in [0.25, 0.3) is 5.56 Å². The fourth-order valence-electron chi connectivity index (χ4n) is 1.89. The molecular weight excluding hydrogens is 223 g/mol. The van der Waals surface area contributed by atoms with Crippen LogP contribution in [0.15, 0.2) is 53.3 Å². The molecule has 84 valence electrons. The number of nitrogens with one attached hydrogen (secondary N) is 1. The third-order valence-corrected chi connectivity index (χ3v) is 2.78. The van der Waals surface area contributed by atoms with Crippen LogP contribution in [-0.4, -0.2) is 17.8 Å². The topological polar surface area (TPSA) is 45.8 Å². The Bertz CT molecular complexity index is 766. The summed E-state index contributed by atoms with van der Waals surface area (Å²) in [5, 5.41) is 0.509. The molecule has 1 heterocycles. The van der Waals surface area contributed by atoms with Crippen LogP contribution in [0, 0.1) is 0 Å². The molecule has 0 saturated heterocycles.